The second kappa shape index (κ2) is 6.02. The van der Waals surface area contributed by atoms with E-state index >= 15 is 0 Å². The van der Waals surface area contributed by atoms with E-state index in [1.54, 1.807) is 12.1 Å². The third-order valence-electron chi connectivity index (χ3n) is 2.66. The van der Waals surface area contributed by atoms with Gasteiger partial charge in [-0.15, -0.1) is 0 Å². The van der Waals surface area contributed by atoms with Crippen molar-refractivity contribution in [2.45, 2.75) is 12.7 Å². The Morgan fingerprint density at radius 2 is 2.00 bits per heavy atom. The number of pyridine rings is 1. The van der Waals surface area contributed by atoms with Crippen molar-refractivity contribution in [3.63, 3.8) is 0 Å². The Hall–Kier alpha value is -2.26. The molecule has 0 aliphatic carbocycles. The smallest absolute Gasteiger partial charge is 0.381 e. The first-order chi connectivity index (χ1) is 9.88. The zero-order valence-electron chi connectivity index (χ0n) is 10.6. The first-order valence-corrected chi connectivity index (χ1v) is 6.23. The number of hydrogen-bond donors (Lipinski definition) is 1. The lowest BCUT2D eigenvalue weighted by atomic mass is 10.2. The quantitative estimate of drug-likeness (QED) is 0.922. The topological polar surface area (TPSA) is 48.7 Å². The van der Waals surface area contributed by atoms with E-state index in [2.05, 4.69) is 10.3 Å². The Labute approximate surface area is 124 Å². The van der Waals surface area contributed by atoms with Gasteiger partial charge in [0.25, 0.3) is 0 Å². The summed E-state index contributed by atoms with van der Waals surface area (Å²) < 4.78 is 38.0. The van der Waals surface area contributed by atoms with E-state index < -0.39 is 11.7 Å². The van der Waals surface area contributed by atoms with Gasteiger partial charge in [0.2, 0.25) is 0 Å². The Bertz CT molecular complexity index is 693. The van der Waals surface area contributed by atoms with E-state index in [-0.39, 0.29) is 22.9 Å². The standard InChI is InChI=1S/C14H9ClF3N3/c15-11-4-10(14(16,17)18)5-12(6-11)21-8-9-1-2-20-13(3-9)7-19/h1-6,21H,8H2. The highest BCUT2D eigenvalue weighted by Crippen LogP contribution is 2.33. The van der Waals surface area contributed by atoms with Gasteiger partial charge in [0, 0.05) is 23.5 Å². The van der Waals surface area contributed by atoms with Crippen LogP contribution in [0, 0.1) is 11.3 Å². The fraction of sp³-hybridized carbons (Fsp3) is 0.143. The lowest BCUT2D eigenvalue weighted by molar-refractivity contribution is -0.137. The van der Waals surface area contributed by atoms with E-state index in [1.165, 1.54) is 12.3 Å². The van der Waals surface area contributed by atoms with Crippen molar-refractivity contribution in [2.75, 3.05) is 5.32 Å². The molecule has 0 unspecified atom stereocenters. The second-order valence-corrected chi connectivity index (χ2v) is 4.68. The highest BCUT2D eigenvalue weighted by atomic mass is 35.5. The minimum Gasteiger partial charge on any atom is -0.381 e. The van der Waals surface area contributed by atoms with Gasteiger partial charge in [-0.05, 0) is 35.9 Å². The van der Waals surface area contributed by atoms with Gasteiger partial charge in [-0.2, -0.15) is 18.4 Å². The summed E-state index contributed by atoms with van der Waals surface area (Å²) in [5.41, 5.74) is 0.418. The van der Waals surface area contributed by atoms with E-state index in [0.717, 1.165) is 17.7 Å². The summed E-state index contributed by atoms with van der Waals surface area (Å²) in [6.07, 6.45) is -2.99. The Morgan fingerprint density at radius 1 is 1.24 bits per heavy atom. The number of nitrogens with zero attached hydrogens (tertiary/aromatic N) is 2. The average molecular weight is 312 g/mol. The molecule has 2 rings (SSSR count). The van der Waals surface area contributed by atoms with E-state index in [0.29, 0.717) is 0 Å². The van der Waals surface area contributed by atoms with Crippen LogP contribution < -0.4 is 5.32 Å². The molecule has 3 nitrogen and oxygen atoms in total. The highest BCUT2D eigenvalue weighted by Gasteiger charge is 2.31. The number of nitriles is 1. The number of anilines is 1. The molecule has 0 saturated carbocycles. The van der Waals surface area contributed by atoms with Crippen LogP contribution >= 0.6 is 11.6 Å². The number of alkyl halides is 3. The maximum absolute atomic E-state index is 12.7. The monoisotopic (exact) mass is 311 g/mol. The molecule has 0 radical (unpaired) electrons. The lowest BCUT2D eigenvalue weighted by Gasteiger charge is -2.11. The Balaban J connectivity index is 2.16. The summed E-state index contributed by atoms with van der Waals surface area (Å²) in [5.74, 6) is 0. The molecule has 0 aliphatic heterocycles. The molecule has 21 heavy (non-hydrogen) atoms. The number of aromatic nitrogens is 1. The maximum Gasteiger partial charge on any atom is 0.416 e. The molecule has 0 spiro atoms. The molecule has 1 heterocycles. The molecular formula is C14H9ClF3N3. The van der Waals surface area contributed by atoms with Crippen molar-refractivity contribution in [1.29, 1.82) is 5.26 Å². The highest BCUT2D eigenvalue weighted by molar-refractivity contribution is 6.30. The summed E-state index contributed by atoms with van der Waals surface area (Å²) in [6.45, 7) is 0.259. The van der Waals surface area contributed by atoms with Gasteiger partial charge in [0.05, 0.1) is 5.56 Å². The molecule has 1 N–H and O–H groups in total. The molecule has 1 aromatic heterocycles. The summed E-state index contributed by atoms with van der Waals surface area (Å²) in [7, 11) is 0. The molecule has 0 bridgehead atoms. The summed E-state index contributed by atoms with van der Waals surface area (Å²) in [6, 6.07) is 8.38. The third kappa shape index (κ3) is 4.10. The van der Waals surface area contributed by atoms with Crippen molar-refractivity contribution in [1.82, 2.24) is 4.98 Å². The van der Waals surface area contributed by atoms with E-state index in [4.69, 9.17) is 16.9 Å². The molecule has 7 heteroatoms. The fourth-order valence-corrected chi connectivity index (χ4v) is 1.94. The van der Waals surface area contributed by atoms with Gasteiger partial charge in [-0.1, -0.05) is 11.6 Å². The van der Waals surface area contributed by atoms with Crippen LogP contribution in [0.5, 0.6) is 0 Å². The zero-order chi connectivity index (χ0) is 15.5. The molecule has 0 atom stereocenters. The number of benzene rings is 1. The first-order valence-electron chi connectivity index (χ1n) is 5.85. The second-order valence-electron chi connectivity index (χ2n) is 4.24. The van der Waals surface area contributed by atoms with Gasteiger partial charge in [-0.25, -0.2) is 4.98 Å². The summed E-state index contributed by atoms with van der Waals surface area (Å²) in [5, 5.41) is 11.6. The Kier molecular flexibility index (Phi) is 4.34. The summed E-state index contributed by atoms with van der Waals surface area (Å²) in [4.78, 5) is 3.81. The van der Waals surface area contributed by atoms with Crippen molar-refractivity contribution >= 4 is 17.3 Å². The predicted molar refractivity (Wildman–Crippen MR) is 72.7 cm³/mol. The van der Waals surface area contributed by atoms with E-state index in [1.807, 2.05) is 6.07 Å². The van der Waals surface area contributed by atoms with Crippen LogP contribution in [-0.4, -0.2) is 4.98 Å². The first kappa shape index (κ1) is 15.1. The van der Waals surface area contributed by atoms with Crippen LogP contribution in [0.2, 0.25) is 5.02 Å². The van der Waals surface area contributed by atoms with Gasteiger partial charge in [-0.3, -0.25) is 0 Å². The van der Waals surface area contributed by atoms with Crippen molar-refractivity contribution in [3.8, 4) is 6.07 Å². The summed E-state index contributed by atoms with van der Waals surface area (Å²) >= 11 is 5.69. The molecule has 1 aromatic carbocycles. The van der Waals surface area contributed by atoms with E-state index in [9.17, 15) is 13.2 Å². The Morgan fingerprint density at radius 3 is 2.67 bits per heavy atom. The van der Waals surface area contributed by atoms with Crippen LogP contribution in [0.3, 0.4) is 0 Å². The van der Waals surface area contributed by atoms with Crippen LogP contribution in [0.1, 0.15) is 16.8 Å². The van der Waals surface area contributed by atoms with Crippen LogP contribution in [0.4, 0.5) is 18.9 Å². The molecule has 2 aromatic rings. The normalized spacial score (nSPS) is 11.0. The molecule has 0 saturated heterocycles. The van der Waals surface area contributed by atoms with Crippen molar-refractivity contribution < 1.29 is 13.2 Å². The number of hydrogen-bond acceptors (Lipinski definition) is 3. The molecule has 0 aliphatic rings. The predicted octanol–water partition coefficient (Wildman–Crippen LogP) is 4.24. The number of rotatable bonds is 3. The minimum atomic E-state index is -4.45. The van der Waals surface area contributed by atoms with Gasteiger partial charge < -0.3 is 5.32 Å². The zero-order valence-corrected chi connectivity index (χ0v) is 11.3. The largest absolute Gasteiger partial charge is 0.416 e. The lowest BCUT2D eigenvalue weighted by Crippen LogP contribution is -2.07. The molecule has 0 fully saturated rings. The maximum atomic E-state index is 12.7. The van der Waals surface area contributed by atoms with Crippen LogP contribution in [-0.2, 0) is 12.7 Å². The van der Waals surface area contributed by atoms with Crippen molar-refractivity contribution in [2.24, 2.45) is 0 Å². The number of halogens is 4. The van der Waals surface area contributed by atoms with Crippen molar-refractivity contribution in [3.05, 3.63) is 58.4 Å². The van der Waals surface area contributed by atoms with Gasteiger partial charge in [0.15, 0.2) is 0 Å². The molecular weight excluding hydrogens is 303 g/mol. The van der Waals surface area contributed by atoms with Gasteiger partial charge >= 0.3 is 6.18 Å². The van der Waals surface area contributed by atoms with Crippen LogP contribution in [0.15, 0.2) is 36.5 Å². The van der Waals surface area contributed by atoms with Gasteiger partial charge in [0.1, 0.15) is 11.8 Å². The molecule has 108 valence electrons. The third-order valence-corrected chi connectivity index (χ3v) is 2.88. The average Bonchev–Trinajstić information content (AvgIpc) is 2.44. The fourth-order valence-electron chi connectivity index (χ4n) is 1.70. The minimum absolute atomic E-state index is 0.000216. The SMILES string of the molecule is N#Cc1cc(CNc2cc(Cl)cc(C(F)(F)F)c2)ccn1. The molecule has 0 amide bonds. The number of nitrogens with one attached hydrogen (secondary N) is 1. The van der Waals surface area contributed by atoms with Crippen LogP contribution in [0.25, 0.3) is 0 Å².